The Labute approximate surface area is 107 Å². The number of carbonyl (C=O) groups is 2. The zero-order valence-electron chi connectivity index (χ0n) is 10.7. The molecule has 5 heteroatoms. The number of nitrogens with two attached hydrogens (primary N) is 1. The van der Waals surface area contributed by atoms with Crippen molar-refractivity contribution in [2.24, 2.45) is 23.5 Å². The second-order valence-corrected chi connectivity index (χ2v) is 5.95. The molecule has 0 radical (unpaired) electrons. The second-order valence-electron chi connectivity index (χ2n) is 5.95. The van der Waals surface area contributed by atoms with Gasteiger partial charge >= 0.3 is 0 Å². The number of fused-ring (bicyclic) bond motifs is 2. The number of ether oxygens (including phenoxy) is 1. The van der Waals surface area contributed by atoms with Crippen LogP contribution >= 0.6 is 0 Å². The standard InChI is InChI=1S/C13H20N2O3/c1-7-5-15(6-10(7)12(14)16)13(17)9-4-8-2-3-11(9)18-8/h7-11H,2-6H2,1H3,(H2,14,16)/t7-,8?,9?,10-,11?/m1/s1. The van der Waals surface area contributed by atoms with Crippen molar-refractivity contribution in [2.75, 3.05) is 13.1 Å². The van der Waals surface area contributed by atoms with Crippen LogP contribution in [0.25, 0.3) is 0 Å². The molecule has 0 aromatic carbocycles. The van der Waals surface area contributed by atoms with Gasteiger partial charge in [0.25, 0.3) is 0 Å². The summed E-state index contributed by atoms with van der Waals surface area (Å²) in [6.45, 7) is 3.13. The van der Waals surface area contributed by atoms with Crippen molar-refractivity contribution in [1.29, 1.82) is 0 Å². The van der Waals surface area contributed by atoms with E-state index in [1.54, 1.807) is 0 Å². The van der Waals surface area contributed by atoms with Crippen LogP contribution in [0.15, 0.2) is 0 Å². The van der Waals surface area contributed by atoms with E-state index in [0.717, 1.165) is 19.3 Å². The number of amides is 2. The van der Waals surface area contributed by atoms with Crippen LogP contribution in [0.5, 0.6) is 0 Å². The van der Waals surface area contributed by atoms with Crippen LogP contribution in [0.3, 0.4) is 0 Å². The van der Waals surface area contributed by atoms with E-state index in [1.165, 1.54) is 0 Å². The molecule has 5 atom stereocenters. The van der Waals surface area contributed by atoms with Gasteiger partial charge in [0.1, 0.15) is 0 Å². The number of nitrogens with zero attached hydrogens (tertiary/aromatic N) is 1. The minimum absolute atomic E-state index is 0.0163. The van der Waals surface area contributed by atoms with Gasteiger partial charge in [0.2, 0.25) is 11.8 Å². The summed E-state index contributed by atoms with van der Waals surface area (Å²) >= 11 is 0. The average molecular weight is 252 g/mol. The van der Waals surface area contributed by atoms with E-state index in [1.807, 2.05) is 11.8 Å². The summed E-state index contributed by atoms with van der Waals surface area (Å²) in [4.78, 5) is 25.5. The fraction of sp³-hybridized carbons (Fsp3) is 0.846. The lowest BCUT2D eigenvalue weighted by Gasteiger charge is -2.24. The molecule has 2 amide bonds. The molecule has 5 nitrogen and oxygen atoms in total. The number of primary amides is 1. The first-order valence-electron chi connectivity index (χ1n) is 6.80. The van der Waals surface area contributed by atoms with Gasteiger partial charge in [0, 0.05) is 13.1 Å². The molecular weight excluding hydrogens is 232 g/mol. The van der Waals surface area contributed by atoms with E-state index in [9.17, 15) is 9.59 Å². The van der Waals surface area contributed by atoms with Crippen molar-refractivity contribution >= 4 is 11.8 Å². The van der Waals surface area contributed by atoms with Crippen molar-refractivity contribution in [2.45, 2.75) is 38.4 Å². The van der Waals surface area contributed by atoms with Crippen molar-refractivity contribution in [3.8, 4) is 0 Å². The quantitative estimate of drug-likeness (QED) is 0.759. The lowest BCUT2D eigenvalue weighted by atomic mass is 9.88. The molecule has 0 aliphatic carbocycles. The fourth-order valence-electron chi connectivity index (χ4n) is 3.65. The molecule has 0 saturated carbocycles. The second kappa shape index (κ2) is 4.23. The summed E-state index contributed by atoms with van der Waals surface area (Å²) in [5.74, 6) is -0.123. The fourth-order valence-corrected chi connectivity index (χ4v) is 3.65. The Kier molecular flexibility index (Phi) is 2.81. The minimum Gasteiger partial charge on any atom is -0.374 e. The van der Waals surface area contributed by atoms with Gasteiger partial charge in [0.05, 0.1) is 24.0 Å². The molecular formula is C13H20N2O3. The molecule has 3 saturated heterocycles. The molecule has 2 bridgehead atoms. The monoisotopic (exact) mass is 252 g/mol. The molecule has 2 N–H and O–H groups in total. The van der Waals surface area contributed by atoms with Crippen LogP contribution in [-0.4, -0.2) is 42.0 Å². The highest BCUT2D eigenvalue weighted by atomic mass is 16.5. The summed E-state index contributed by atoms with van der Waals surface area (Å²) in [7, 11) is 0. The Hall–Kier alpha value is -1.10. The van der Waals surface area contributed by atoms with Crippen LogP contribution in [0.1, 0.15) is 26.2 Å². The third-order valence-electron chi connectivity index (χ3n) is 4.71. The molecule has 0 spiro atoms. The number of likely N-dealkylation sites (tertiary alicyclic amines) is 1. The van der Waals surface area contributed by atoms with E-state index in [4.69, 9.17) is 10.5 Å². The van der Waals surface area contributed by atoms with Gasteiger partial charge in [0.15, 0.2) is 0 Å². The van der Waals surface area contributed by atoms with Crippen molar-refractivity contribution in [1.82, 2.24) is 4.90 Å². The Morgan fingerprint density at radius 1 is 1.22 bits per heavy atom. The van der Waals surface area contributed by atoms with E-state index < -0.39 is 0 Å². The Morgan fingerprint density at radius 3 is 2.50 bits per heavy atom. The lowest BCUT2D eigenvalue weighted by molar-refractivity contribution is -0.136. The third-order valence-corrected chi connectivity index (χ3v) is 4.71. The summed E-state index contributed by atoms with van der Waals surface area (Å²) in [5.41, 5.74) is 5.36. The highest BCUT2D eigenvalue weighted by Crippen LogP contribution is 2.40. The molecule has 3 aliphatic rings. The topological polar surface area (TPSA) is 72.6 Å². The van der Waals surface area contributed by atoms with Gasteiger partial charge in [-0.05, 0) is 25.2 Å². The number of hydrogen-bond acceptors (Lipinski definition) is 3. The smallest absolute Gasteiger partial charge is 0.228 e. The SMILES string of the molecule is C[C@@H]1CN(C(=O)C2CC3CCC2O3)C[C@H]1C(N)=O. The number of carbonyl (C=O) groups excluding carboxylic acids is 2. The van der Waals surface area contributed by atoms with Crippen molar-refractivity contribution in [3.05, 3.63) is 0 Å². The maximum absolute atomic E-state index is 12.4. The van der Waals surface area contributed by atoms with E-state index in [0.29, 0.717) is 13.1 Å². The predicted octanol–water partition coefficient (Wildman–Crippen LogP) is 0.134. The Morgan fingerprint density at radius 2 is 2.00 bits per heavy atom. The Balaban J connectivity index is 1.66. The summed E-state index contributed by atoms with van der Waals surface area (Å²) < 4.78 is 5.73. The van der Waals surface area contributed by atoms with Gasteiger partial charge in [-0.1, -0.05) is 6.92 Å². The van der Waals surface area contributed by atoms with Crippen LogP contribution in [-0.2, 0) is 14.3 Å². The Bertz CT molecular complexity index is 384. The minimum atomic E-state index is -0.290. The molecule has 0 aromatic rings. The highest BCUT2D eigenvalue weighted by molar-refractivity contribution is 5.83. The van der Waals surface area contributed by atoms with Crippen LogP contribution in [0.4, 0.5) is 0 Å². The zero-order valence-corrected chi connectivity index (χ0v) is 10.7. The van der Waals surface area contributed by atoms with Gasteiger partial charge in [-0.3, -0.25) is 9.59 Å². The molecule has 3 rings (SSSR count). The first-order valence-corrected chi connectivity index (χ1v) is 6.80. The molecule has 3 unspecified atom stereocenters. The molecule has 18 heavy (non-hydrogen) atoms. The van der Waals surface area contributed by atoms with Crippen LogP contribution in [0, 0.1) is 17.8 Å². The normalized spacial score (nSPS) is 42.5. The molecule has 3 aliphatic heterocycles. The maximum Gasteiger partial charge on any atom is 0.228 e. The number of hydrogen-bond donors (Lipinski definition) is 1. The highest BCUT2D eigenvalue weighted by Gasteiger charge is 2.47. The molecule has 100 valence electrons. The molecule has 0 aromatic heterocycles. The van der Waals surface area contributed by atoms with Gasteiger partial charge < -0.3 is 15.4 Å². The average Bonchev–Trinajstić information content (AvgIpc) is 3.01. The van der Waals surface area contributed by atoms with E-state index in [-0.39, 0.29) is 41.8 Å². The summed E-state index contributed by atoms with van der Waals surface area (Å²) in [5, 5.41) is 0. The summed E-state index contributed by atoms with van der Waals surface area (Å²) in [6.07, 6.45) is 3.36. The first-order chi connectivity index (χ1) is 8.56. The van der Waals surface area contributed by atoms with Crippen molar-refractivity contribution in [3.63, 3.8) is 0 Å². The largest absolute Gasteiger partial charge is 0.374 e. The predicted molar refractivity (Wildman–Crippen MR) is 64.4 cm³/mol. The van der Waals surface area contributed by atoms with Crippen LogP contribution in [0.2, 0.25) is 0 Å². The molecule has 3 heterocycles. The lowest BCUT2D eigenvalue weighted by Crippen LogP contribution is -2.39. The van der Waals surface area contributed by atoms with Gasteiger partial charge in [-0.25, -0.2) is 0 Å². The molecule has 3 fully saturated rings. The van der Waals surface area contributed by atoms with Gasteiger partial charge in [-0.2, -0.15) is 0 Å². The number of rotatable bonds is 2. The third kappa shape index (κ3) is 1.81. The van der Waals surface area contributed by atoms with E-state index in [2.05, 4.69) is 0 Å². The van der Waals surface area contributed by atoms with Gasteiger partial charge in [-0.15, -0.1) is 0 Å². The zero-order chi connectivity index (χ0) is 12.9. The maximum atomic E-state index is 12.4. The van der Waals surface area contributed by atoms with Crippen LogP contribution < -0.4 is 5.73 Å². The first kappa shape index (κ1) is 12.0. The summed E-state index contributed by atoms with van der Waals surface area (Å²) in [6, 6.07) is 0. The van der Waals surface area contributed by atoms with E-state index >= 15 is 0 Å². The van der Waals surface area contributed by atoms with Crippen molar-refractivity contribution < 1.29 is 14.3 Å².